The van der Waals surface area contributed by atoms with Crippen molar-refractivity contribution in [3.05, 3.63) is 35.9 Å². The van der Waals surface area contributed by atoms with Crippen LogP contribution in [0.2, 0.25) is 0 Å². The summed E-state index contributed by atoms with van der Waals surface area (Å²) in [7, 11) is 0. The Morgan fingerprint density at radius 2 is 1.88 bits per heavy atom. The molecular formula is C19H30N2O3. The van der Waals surface area contributed by atoms with Gasteiger partial charge in [-0.2, -0.15) is 0 Å². The summed E-state index contributed by atoms with van der Waals surface area (Å²) in [6, 6.07) is 8.93. The predicted octanol–water partition coefficient (Wildman–Crippen LogP) is 2.92. The maximum Gasteiger partial charge on any atom is 0.328 e. The third-order valence-electron chi connectivity index (χ3n) is 3.80. The molecule has 5 heteroatoms. The van der Waals surface area contributed by atoms with E-state index >= 15 is 0 Å². The van der Waals surface area contributed by atoms with Gasteiger partial charge in [0.15, 0.2) is 0 Å². The number of ether oxygens (including phenoxy) is 1. The van der Waals surface area contributed by atoms with Crippen LogP contribution in [0.25, 0.3) is 0 Å². The molecule has 1 rings (SSSR count). The first-order valence-electron chi connectivity index (χ1n) is 8.87. The Balaban J connectivity index is 2.49. The van der Waals surface area contributed by atoms with Gasteiger partial charge in [0.25, 0.3) is 0 Å². The van der Waals surface area contributed by atoms with Crippen LogP contribution in [0.5, 0.6) is 0 Å². The van der Waals surface area contributed by atoms with Gasteiger partial charge in [0.2, 0.25) is 5.91 Å². The standard InChI is InChI=1S/C19H30N2O3/c1-2-3-5-13-18(22)21-17(12-8-9-14-20)19(23)24-15-16-10-6-4-7-11-16/h4,6-7,10-11,17H,2-3,5,8-9,12-15,20H2,1H3,(H,21,22). The Kier molecular flexibility index (Phi) is 10.5. The lowest BCUT2D eigenvalue weighted by atomic mass is 10.1. The van der Waals surface area contributed by atoms with Gasteiger partial charge in [-0.15, -0.1) is 0 Å². The second kappa shape index (κ2) is 12.5. The molecule has 1 unspecified atom stereocenters. The van der Waals surface area contributed by atoms with E-state index in [1.165, 1.54) is 0 Å². The molecule has 1 aromatic rings. The summed E-state index contributed by atoms with van der Waals surface area (Å²) in [5.41, 5.74) is 6.44. The third kappa shape index (κ3) is 8.67. The molecular weight excluding hydrogens is 304 g/mol. The summed E-state index contributed by atoms with van der Waals surface area (Å²) in [5, 5.41) is 2.82. The van der Waals surface area contributed by atoms with Crippen molar-refractivity contribution in [2.45, 2.75) is 64.5 Å². The number of carbonyl (C=O) groups excluding carboxylic acids is 2. The fraction of sp³-hybridized carbons (Fsp3) is 0.579. The van der Waals surface area contributed by atoms with Crippen molar-refractivity contribution < 1.29 is 14.3 Å². The first-order valence-corrected chi connectivity index (χ1v) is 8.87. The molecule has 134 valence electrons. The number of hydrogen-bond acceptors (Lipinski definition) is 4. The van der Waals surface area contributed by atoms with Crippen LogP contribution in [-0.2, 0) is 20.9 Å². The minimum atomic E-state index is -0.589. The van der Waals surface area contributed by atoms with Gasteiger partial charge in [-0.3, -0.25) is 4.79 Å². The Labute approximate surface area is 145 Å². The van der Waals surface area contributed by atoms with E-state index in [9.17, 15) is 9.59 Å². The summed E-state index contributed by atoms with van der Waals surface area (Å²) >= 11 is 0. The molecule has 0 radical (unpaired) electrons. The number of rotatable bonds is 12. The van der Waals surface area contributed by atoms with Gasteiger partial charge in [-0.25, -0.2) is 4.79 Å². The van der Waals surface area contributed by atoms with Crippen LogP contribution in [0.1, 0.15) is 57.4 Å². The number of nitrogens with two attached hydrogens (primary N) is 1. The molecule has 0 aliphatic heterocycles. The molecule has 0 fully saturated rings. The van der Waals surface area contributed by atoms with Crippen LogP contribution >= 0.6 is 0 Å². The van der Waals surface area contributed by atoms with Gasteiger partial charge in [-0.1, -0.05) is 50.1 Å². The van der Waals surface area contributed by atoms with Crippen LogP contribution in [0.3, 0.4) is 0 Å². The van der Waals surface area contributed by atoms with Crippen molar-refractivity contribution in [2.24, 2.45) is 5.73 Å². The quantitative estimate of drug-likeness (QED) is 0.455. The van der Waals surface area contributed by atoms with Crippen LogP contribution < -0.4 is 11.1 Å². The Hall–Kier alpha value is -1.88. The first-order chi connectivity index (χ1) is 11.7. The lowest BCUT2D eigenvalue weighted by Crippen LogP contribution is -2.41. The first kappa shape index (κ1) is 20.2. The molecule has 0 aliphatic rings. The van der Waals surface area contributed by atoms with Gasteiger partial charge in [-0.05, 0) is 37.8 Å². The monoisotopic (exact) mass is 334 g/mol. The van der Waals surface area contributed by atoms with Crippen molar-refractivity contribution in [3.8, 4) is 0 Å². The van der Waals surface area contributed by atoms with Gasteiger partial charge in [0.1, 0.15) is 12.6 Å². The van der Waals surface area contributed by atoms with E-state index in [1.54, 1.807) is 0 Å². The zero-order chi connectivity index (χ0) is 17.6. The molecule has 1 amide bonds. The number of esters is 1. The summed E-state index contributed by atoms with van der Waals surface area (Å²) in [5.74, 6) is -0.461. The molecule has 0 aromatic heterocycles. The normalized spacial score (nSPS) is 11.8. The zero-order valence-corrected chi connectivity index (χ0v) is 14.6. The maximum atomic E-state index is 12.3. The topological polar surface area (TPSA) is 81.4 Å². The second-order valence-corrected chi connectivity index (χ2v) is 5.95. The molecule has 24 heavy (non-hydrogen) atoms. The highest BCUT2D eigenvalue weighted by atomic mass is 16.5. The fourth-order valence-corrected chi connectivity index (χ4v) is 2.37. The molecule has 1 aromatic carbocycles. The van der Waals surface area contributed by atoms with Crippen LogP contribution in [0, 0.1) is 0 Å². The molecule has 0 heterocycles. The van der Waals surface area contributed by atoms with Crippen molar-refractivity contribution in [3.63, 3.8) is 0 Å². The number of nitrogens with one attached hydrogen (secondary N) is 1. The predicted molar refractivity (Wildman–Crippen MR) is 95.2 cm³/mol. The number of carbonyl (C=O) groups is 2. The highest BCUT2D eigenvalue weighted by Crippen LogP contribution is 2.07. The largest absolute Gasteiger partial charge is 0.459 e. The Morgan fingerprint density at radius 1 is 1.12 bits per heavy atom. The van der Waals surface area contributed by atoms with Gasteiger partial charge in [0, 0.05) is 6.42 Å². The zero-order valence-electron chi connectivity index (χ0n) is 14.6. The molecule has 0 aliphatic carbocycles. The van der Waals surface area contributed by atoms with Crippen LogP contribution in [-0.4, -0.2) is 24.5 Å². The van der Waals surface area contributed by atoms with E-state index in [4.69, 9.17) is 10.5 Å². The average molecular weight is 334 g/mol. The average Bonchev–Trinajstić information content (AvgIpc) is 2.60. The van der Waals surface area contributed by atoms with E-state index in [0.29, 0.717) is 19.4 Å². The second-order valence-electron chi connectivity index (χ2n) is 5.95. The van der Waals surface area contributed by atoms with Gasteiger partial charge < -0.3 is 15.8 Å². The van der Waals surface area contributed by atoms with Crippen molar-refractivity contribution in [1.29, 1.82) is 0 Å². The Bertz CT molecular complexity index is 477. The number of benzene rings is 1. The SMILES string of the molecule is CCCCCC(=O)NC(CCCCN)C(=O)OCc1ccccc1. The van der Waals surface area contributed by atoms with E-state index in [-0.39, 0.29) is 18.5 Å². The molecule has 0 saturated heterocycles. The summed E-state index contributed by atoms with van der Waals surface area (Å²) < 4.78 is 5.36. The van der Waals surface area contributed by atoms with Gasteiger partial charge in [0.05, 0.1) is 0 Å². The van der Waals surface area contributed by atoms with Crippen molar-refractivity contribution in [1.82, 2.24) is 5.32 Å². The summed E-state index contributed by atoms with van der Waals surface area (Å²) in [4.78, 5) is 24.3. The lowest BCUT2D eigenvalue weighted by Gasteiger charge is -2.18. The Morgan fingerprint density at radius 3 is 2.54 bits per heavy atom. The molecule has 0 saturated carbocycles. The minimum absolute atomic E-state index is 0.0853. The van der Waals surface area contributed by atoms with Gasteiger partial charge >= 0.3 is 5.97 Å². The van der Waals surface area contributed by atoms with E-state index < -0.39 is 6.04 Å². The molecule has 0 bridgehead atoms. The number of hydrogen-bond donors (Lipinski definition) is 2. The minimum Gasteiger partial charge on any atom is -0.459 e. The number of amides is 1. The fourth-order valence-electron chi connectivity index (χ4n) is 2.37. The molecule has 1 atom stereocenters. The molecule has 3 N–H and O–H groups in total. The molecule has 0 spiro atoms. The maximum absolute atomic E-state index is 12.3. The van der Waals surface area contributed by atoms with Crippen molar-refractivity contribution in [2.75, 3.05) is 6.54 Å². The highest BCUT2D eigenvalue weighted by molar-refractivity contribution is 5.84. The number of unbranched alkanes of at least 4 members (excludes halogenated alkanes) is 3. The summed E-state index contributed by atoms with van der Waals surface area (Å²) in [6.07, 6.45) is 5.55. The van der Waals surface area contributed by atoms with Crippen LogP contribution in [0.15, 0.2) is 30.3 Å². The van der Waals surface area contributed by atoms with Crippen molar-refractivity contribution >= 4 is 11.9 Å². The third-order valence-corrected chi connectivity index (χ3v) is 3.80. The smallest absolute Gasteiger partial charge is 0.328 e. The lowest BCUT2D eigenvalue weighted by molar-refractivity contribution is -0.149. The van der Waals surface area contributed by atoms with E-state index in [2.05, 4.69) is 12.2 Å². The highest BCUT2D eigenvalue weighted by Gasteiger charge is 2.21. The summed E-state index contributed by atoms with van der Waals surface area (Å²) in [6.45, 7) is 2.89. The van der Waals surface area contributed by atoms with Crippen LogP contribution in [0.4, 0.5) is 0 Å². The van der Waals surface area contributed by atoms with E-state index in [0.717, 1.165) is 37.7 Å². The van der Waals surface area contributed by atoms with E-state index in [1.807, 2.05) is 30.3 Å². The molecule has 5 nitrogen and oxygen atoms in total.